The third kappa shape index (κ3) is 3.82. The van der Waals surface area contributed by atoms with Crippen LogP contribution in [0.3, 0.4) is 0 Å². The van der Waals surface area contributed by atoms with Crippen molar-refractivity contribution in [3.63, 3.8) is 0 Å². The van der Waals surface area contributed by atoms with E-state index in [0.29, 0.717) is 0 Å². The van der Waals surface area contributed by atoms with Crippen LogP contribution in [0, 0.1) is 0 Å². The maximum Gasteiger partial charge on any atom is 0.0334 e. The third-order valence-corrected chi connectivity index (χ3v) is 11.6. The van der Waals surface area contributed by atoms with E-state index in [1.165, 1.54) is 0 Å². The molecule has 0 aromatic carbocycles. The topological polar surface area (TPSA) is 23.8 Å². The molecule has 4 nitrogen and oxygen atoms in total. The van der Waals surface area contributed by atoms with Gasteiger partial charge in [-0.25, -0.2) is 0 Å². The molecule has 1 heterocycles. The zero-order chi connectivity index (χ0) is 25.4. The van der Waals surface area contributed by atoms with E-state index >= 15 is 0 Å². The molecule has 0 amide bonds. The van der Waals surface area contributed by atoms with Crippen molar-refractivity contribution in [2.24, 2.45) is 0 Å². The van der Waals surface area contributed by atoms with Gasteiger partial charge in [-0.2, -0.15) is 0 Å². The smallest absolute Gasteiger partial charge is 0.0334 e. The highest BCUT2D eigenvalue weighted by Gasteiger charge is 2.57. The van der Waals surface area contributed by atoms with Gasteiger partial charge in [-0.05, 0) is 104 Å². The lowest BCUT2D eigenvalue weighted by Gasteiger charge is -2.73. The van der Waals surface area contributed by atoms with Crippen LogP contribution >= 0.6 is 0 Å². The SMILES string of the molecule is CN1C(C)(C)C(C)(C)[N-]C(C)(C)C(C)(C)N(C)C(C)(C)C(C)(C)N(C)C(C)(C)C1(C)C. The molecule has 0 aromatic heterocycles. The van der Waals surface area contributed by atoms with Crippen LogP contribution < -0.4 is 0 Å². The molecular weight excluding hydrogens is 380 g/mol. The molecule has 1 aliphatic heterocycles. The van der Waals surface area contributed by atoms with Crippen molar-refractivity contribution in [1.29, 1.82) is 0 Å². The molecule has 1 fully saturated rings. The monoisotopic (exact) mass is 437 g/mol. The van der Waals surface area contributed by atoms with Crippen LogP contribution in [0.5, 0.6) is 0 Å². The molecule has 0 aromatic rings. The Morgan fingerprint density at radius 3 is 0.677 bits per heavy atom. The lowest BCUT2D eigenvalue weighted by molar-refractivity contribution is -0.148. The van der Waals surface area contributed by atoms with E-state index in [2.05, 4.69) is 147 Å². The molecule has 0 aliphatic carbocycles. The van der Waals surface area contributed by atoms with Gasteiger partial charge >= 0.3 is 0 Å². The first kappa shape index (κ1) is 28.9. The van der Waals surface area contributed by atoms with E-state index in [0.717, 1.165) is 0 Å². The second kappa shape index (κ2) is 7.42. The molecule has 1 aliphatic rings. The van der Waals surface area contributed by atoms with E-state index in [-0.39, 0.29) is 44.3 Å². The second-order valence-corrected chi connectivity index (χ2v) is 14.3. The Kier molecular flexibility index (Phi) is 6.91. The van der Waals surface area contributed by atoms with E-state index in [1.807, 2.05) is 0 Å². The molecule has 0 unspecified atom stereocenters. The van der Waals surface area contributed by atoms with Crippen LogP contribution in [0.15, 0.2) is 0 Å². The maximum atomic E-state index is 5.63. The highest BCUT2D eigenvalue weighted by atomic mass is 15.4. The Bertz CT molecular complexity index is 609. The highest BCUT2D eigenvalue weighted by Crippen LogP contribution is 2.51. The Labute approximate surface area is 196 Å². The van der Waals surface area contributed by atoms with Crippen LogP contribution in [-0.2, 0) is 0 Å². The number of likely N-dealkylation sites (N-methyl/N-ethyl adjacent to an activating group) is 3. The van der Waals surface area contributed by atoms with Gasteiger partial charge in [0.25, 0.3) is 0 Å². The van der Waals surface area contributed by atoms with Crippen LogP contribution in [0.1, 0.15) is 111 Å². The Morgan fingerprint density at radius 2 is 0.484 bits per heavy atom. The fourth-order valence-electron chi connectivity index (χ4n) is 5.53. The molecule has 186 valence electrons. The summed E-state index contributed by atoms with van der Waals surface area (Å²) >= 11 is 0. The Morgan fingerprint density at radius 1 is 0.323 bits per heavy atom. The predicted molar refractivity (Wildman–Crippen MR) is 139 cm³/mol. The van der Waals surface area contributed by atoms with Gasteiger partial charge in [-0.3, -0.25) is 14.7 Å². The van der Waals surface area contributed by atoms with Gasteiger partial charge in [0.15, 0.2) is 0 Å². The summed E-state index contributed by atoms with van der Waals surface area (Å²) in [4.78, 5) is 7.78. The minimum Gasteiger partial charge on any atom is -0.649 e. The van der Waals surface area contributed by atoms with E-state index in [9.17, 15) is 0 Å². The van der Waals surface area contributed by atoms with Gasteiger partial charge in [-0.1, -0.05) is 27.7 Å². The molecule has 31 heavy (non-hydrogen) atoms. The molecule has 0 saturated carbocycles. The van der Waals surface area contributed by atoms with Gasteiger partial charge in [0.1, 0.15) is 0 Å². The van der Waals surface area contributed by atoms with Gasteiger partial charge < -0.3 is 5.32 Å². The van der Waals surface area contributed by atoms with Crippen molar-refractivity contribution in [2.45, 2.75) is 155 Å². The molecule has 1 rings (SSSR count). The van der Waals surface area contributed by atoms with Crippen molar-refractivity contribution in [1.82, 2.24) is 14.7 Å². The number of rotatable bonds is 0. The first-order chi connectivity index (χ1) is 13.2. The number of hydrogen-bond acceptors (Lipinski definition) is 3. The standard InChI is InChI=1S/C27H57N4/c1-20(2)22(5,6)29(17)24(9,10)26(13,14)31(19)27(15,16)25(11,12)30(18)23(7,8)21(3,4)28-20/h1-19H3/q-1. The molecule has 0 bridgehead atoms. The van der Waals surface area contributed by atoms with Crippen molar-refractivity contribution in [3.05, 3.63) is 5.32 Å². The summed E-state index contributed by atoms with van der Waals surface area (Å²) in [7, 11) is 6.90. The fraction of sp³-hybridized carbons (Fsp3) is 1.00. The zero-order valence-electron chi connectivity index (χ0n) is 24.8. The summed E-state index contributed by atoms with van der Waals surface area (Å²) in [5, 5.41) is 5.63. The molecule has 0 N–H and O–H groups in total. The Balaban J connectivity index is 4.01. The molecule has 0 atom stereocenters. The van der Waals surface area contributed by atoms with Gasteiger partial charge in [0.05, 0.1) is 0 Å². The maximum absolute atomic E-state index is 5.63. The van der Waals surface area contributed by atoms with Crippen LogP contribution in [0.25, 0.3) is 5.32 Å². The minimum atomic E-state index is -0.256. The molecule has 0 spiro atoms. The van der Waals surface area contributed by atoms with Crippen LogP contribution in [0.4, 0.5) is 0 Å². The van der Waals surface area contributed by atoms with E-state index < -0.39 is 0 Å². The zero-order valence-corrected chi connectivity index (χ0v) is 24.8. The van der Waals surface area contributed by atoms with E-state index in [1.54, 1.807) is 0 Å². The average molecular weight is 438 g/mol. The van der Waals surface area contributed by atoms with Crippen LogP contribution in [-0.4, -0.2) is 80.2 Å². The Hall–Kier alpha value is -0.160. The quantitative estimate of drug-likeness (QED) is 0.438. The molecule has 1 saturated heterocycles. The lowest BCUT2D eigenvalue weighted by atomic mass is 9.66. The summed E-state index contributed by atoms with van der Waals surface area (Å²) in [5.74, 6) is 0. The summed E-state index contributed by atoms with van der Waals surface area (Å²) in [6.07, 6.45) is 0. The van der Waals surface area contributed by atoms with Gasteiger partial charge in [0, 0.05) is 33.2 Å². The average Bonchev–Trinajstić information content (AvgIpc) is 2.56. The summed E-state index contributed by atoms with van der Waals surface area (Å²) < 4.78 is 0. The minimum absolute atomic E-state index is 0.102. The van der Waals surface area contributed by atoms with Crippen molar-refractivity contribution in [2.75, 3.05) is 21.1 Å². The third-order valence-electron chi connectivity index (χ3n) is 11.6. The van der Waals surface area contributed by atoms with E-state index in [4.69, 9.17) is 5.32 Å². The normalized spacial score (nSPS) is 32.6. The van der Waals surface area contributed by atoms with Gasteiger partial charge in [0.2, 0.25) is 0 Å². The first-order valence-electron chi connectivity index (χ1n) is 12.1. The molecule has 0 radical (unpaired) electrons. The molecule has 4 heteroatoms. The number of nitrogens with zero attached hydrogens (tertiary/aromatic N) is 4. The first-order valence-corrected chi connectivity index (χ1v) is 12.1. The largest absolute Gasteiger partial charge is 0.649 e. The fourth-order valence-corrected chi connectivity index (χ4v) is 5.53. The van der Waals surface area contributed by atoms with Crippen molar-refractivity contribution < 1.29 is 0 Å². The second-order valence-electron chi connectivity index (χ2n) is 14.3. The van der Waals surface area contributed by atoms with Crippen LogP contribution in [0.2, 0.25) is 0 Å². The summed E-state index contributed by atoms with van der Waals surface area (Å²) in [5.41, 5.74) is -1.24. The summed E-state index contributed by atoms with van der Waals surface area (Å²) in [6, 6.07) is 0. The molecular formula is C27H57N4-. The highest BCUT2D eigenvalue weighted by molar-refractivity contribution is 5.28. The summed E-state index contributed by atoms with van der Waals surface area (Å²) in [6.45, 7) is 37.9. The van der Waals surface area contributed by atoms with Gasteiger partial charge in [-0.15, -0.1) is 11.1 Å². The van der Waals surface area contributed by atoms with Crippen molar-refractivity contribution >= 4 is 0 Å². The predicted octanol–water partition coefficient (Wildman–Crippen LogP) is 6.40. The lowest BCUT2D eigenvalue weighted by Crippen LogP contribution is -2.79. The van der Waals surface area contributed by atoms with Crippen molar-refractivity contribution in [3.8, 4) is 0 Å². The number of hydrogen-bond donors (Lipinski definition) is 0.